The van der Waals surface area contributed by atoms with Crippen molar-refractivity contribution in [2.75, 3.05) is 33.3 Å². The fourth-order valence-electron chi connectivity index (χ4n) is 4.30. The van der Waals surface area contributed by atoms with Crippen molar-refractivity contribution >= 4 is 6.08 Å². The lowest BCUT2D eigenvalue weighted by molar-refractivity contribution is 0.0707. The van der Waals surface area contributed by atoms with Gasteiger partial charge in [0.1, 0.15) is 5.75 Å². The van der Waals surface area contributed by atoms with E-state index in [1.165, 1.54) is 63.6 Å². The summed E-state index contributed by atoms with van der Waals surface area (Å²) in [4.78, 5) is 2.80. The van der Waals surface area contributed by atoms with E-state index in [0.717, 1.165) is 18.8 Å². The number of hydrogen-bond acceptors (Lipinski definition) is 3. The largest absolute Gasteiger partial charge is 0.497 e. The molecule has 24 heavy (non-hydrogen) atoms. The van der Waals surface area contributed by atoms with Crippen LogP contribution >= 0.6 is 0 Å². The SMILES string of the molecule is COc1ccc(/C=C/CNCC2(N3CCCCC3)CCCC2)cc1. The summed E-state index contributed by atoms with van der Waals surface area (Å²) >= 11 is 0. The Morgan fingerprint density at radius 1 is 1.04 bits per heavy atom. The van der Waals surface area contributed by atoms with Crippen molar-refractivity contribution in [1.29, 1.82) is 0 Å². The van der Waals surface area contributed by atoms with Crippen LogP contribution in [0.4, 0.5) is 0 Å². The van der Waals surface area contributed by atoms with E-state index in [0.29, 0.717) is 5.54 Å². The molecule has 0 atom stereocenters. The molecule has 2 fully saturated rings. The molecule has 1 aliphatic heterocycles. The topological polar surface area (TPSA) is 24.5 Å². The van der Waals surface area contributed by atoms with E-state index < -0.39 is 0 Å². The van der Waals surface area contributed by atoms with E-state index in [-0.39, 0.29) is 0 Å². The Morgan fingerprint density at radius 3 is 2.42 bits per heavy atom. The number of hydrogen-bond donors (Lipinski definition) is 1. The maximum atomic E-state index is 5.20. The fourth-order valence-corrected chi connectivity index (χ4v) is 4.30. The summed E-state index contributed by atoms with van der Waals surface area (Å²) < 4.78 is 5.20. The molecule has 1 aromatic carbocycles. The molecule has 3 rings (SSSR count). The van der Waals surface area contributed by atoms with Crippen LogP contribution in [0, 0.1) is 0 Å². The second-order valence-electron chi connectivity index (χ2n) is 7.29. The summed E-state index contributed by atoms with van der Waals surface area (Å²) in [6.07, 6.45) is 14.2. The van der Waals surface area contributed by atoms with Gasteiger partial charge in [-0.05, 0) is 56.5 Å². The van der Waals surface area contributed by atoms with Gasteiger partial charge < -0.3 is 10.1 Å². The zero-order valence-corrected chi connectivity index (χ0v) is 15.1. The van der Waals surface area contributed by atoms with Gasteiger partial charge >= 0.3 is 0 Å². The molecule has 3 nitrogen and oxygen atoms in total. The third-order valence-corrected chi connectivity index (χ3v) is 5.70. The van der Waals surface area contributed by atoms with Crippen molar-refractivity contribution in [3.05, 3.63) is 35.9 Å². The van der Waals surface area contributed by atoms with E-state index in [9.17, 15) is 0 Å². The van der Waals surface area contributed by atoms with Gasteiger partial charge in [-0.2, -0.15) is 0 Å². The molecule has 0 aromatic heterocycles. The molecule has 1 saturated heterocycles. The van der Waals surface area contributed by atoms with E-state index >= 15 is 0 Å². The lowest BCUT2D eigenvalue weighted by atomic mass is 9.92. The minimum absolute atomic E-state index is 0.439. The van der Waals surface area contributed by atoms with Crippen LogP contribution in [0.5, 0.6) is 5.75 Å². The number of benzene rings is 1. The molecule has 0 spiro atoms. The second-order valence-corrected chi connectivity index (χ2v) is 7.29. The van der Waals surface area contributed by atoms with Crippen molar-refractivity contribution < 1.29 is 4.74 Å². The smallest absolute Gasteiger partial charge is 0.118 e. The van der Waals surface area contributed by atoms with Crippen LogP contribution in [-0.4, -0.2) is 43.7 Å². The summed E-state index contributed by atoms with van der Waals surface area (Å²) in [5.41, 5.74) is 1.66. The molecule has 0 bridgehead atoms. The minimum atomic E-state index is 0.439. The highest BCUT2D eigenvalue weighted by atomic mass is 16.5. The highest BCUT2D eigenvalue weighted by molar-refractivity contribution is 5.50. The third kappa shape index (κ3) is 4.40. The fraction of sp³-hybridized carbons (Fsp3) is 0.619. The Labute approximate surface area is 147 Å². The van der Waals surface area contributed by atoms with Gasteiger partial charge in [0, 0.05) is 18.6 Å². The van der Waals surface area contributed by atoms with Gasteiger partial charge in [0.05, 0.1) is 7.11 Å². The molecular formula is C21H32N2O. The van der Waals surface area contributed by atoms with Crippen LogP contribution in [0.3, 0.4) is 0 Å². The summed E-state index contributed by atoms with van der Waals surface area (Å²) in [6, 6.07) is 8.22. The van der Waals surface area contributed by atoms with Crippen molar-refractivity contribution in [2.24, 2.45) is 0 Å². The average molecular weight is 329 g/mol. The summed E-state index contributed by atoms with van der Waals surface area (Å²) in [5, 5.41) is 3.71. The maximum absolute atomic E-state index is 5.20. The molecule has 0 amide bonds. The summed E-state index contributed by atoms with van der Waals surface area (Å²) in [6.45, 7) is 4.70. The molecule has 1 saturated carbocycles. The van der Waals surface area contributed by atoms with Gasteiger partial charge in [0.25, 0.3) is 0 Å². The number of ether oxygens (including phenoxy) is 1. The minimum Gasteiger partial charge on any atom is -0.497 e. The highest BCUT2D eigenvalue weighted by Gasteiger charge is 2.39. The van der Waals surface area contributed by atoms with E-state index in [1.54, 1.807) is 7.11 Å². The number of likely N-dealkylation sites (tertiary alicyclic amines) is 1. The van der Waals surface area contributed by atoms with Crippen LogP contribution < -0.4 is 10.1 Å². The predicted molar refractivity (Wildman–Crippen MR) is 102 cm³/mol. The first-order valence-corrected chi connectivity index (χ1v) is 9.59. The van der Waals surface area contributed by atoms with Gasteiger partial charge in [-0.15, -0.1) is 0 Å². The summed E-state index contributed by atoms with van der Waals surface area (Å²) in [5.74, 6) is 0.912. The Kier molecular flexibility index (Phi) is 6.33. The highest BCUT2D eigenvalue weighted by Crippen LogP contribution is 2.36. The van der Waals surface area contributed by atoms with Gasteiger partial charge in [-0.3, -0.25) is 4.90 Å². The molecule has 1 heterocycles. The first-order valence-electron chi connectivity index (χ1n) is 9.59. The van der Waals surface area contributed by atoms with E-state index in [1.807, 2.05) is 12.1 Å². The Morgan fingerprint density at radius 2 is 1.75 bits per heavy atom. The van der Waals surface area contributed by atoms with Gasteiger partial charge in [-0.1, -0.05) is 43.5 Å². The van der Waals surface area contributed by atoms with E-state index in [4.69, 9.17) is 4.74 Å². The normalized spacial score (nSPS) is 21.4. The third-order valence-electron chi connectivity index (χ3n) is 5.70. The number of nitrogens with one attached hydrogen (secondary N) is 1. The molecule has 2 aliphatic rings. The van der Waals surface area contributed by atoms with Crippen molar-refractivity contribution in [1.82, 2.24) is 10.2 Å². The number of piperidine rings is 1. The molecule has 132 valence electrons. The van der Waals surface area contributed by atoms with E-state index in [2.05, 4.69) is 34.5 Å². The lowest BCUT2D eigenvalue weighted by Gasteiger charge is -2.44. The molecule has 0 unspecified atom stereocenters. The Balaban J connectivity index is 1.47. The van der Waals surface area contributed by atoms with Gasteiger partial charge in [0.2, 0.25) is 0 Å². The molecule has 1 aliphatic carbocycles. The summed E-state index contributed by atoms with van der Waals surface area (Å²) in [7, 11) is 1.70. The van der Waals surface area contributed by atoms with Gasteiger partial charge in [-0.25, -0.2) is 0 Å². The first-order chi connectivity index (χ1) is 11.8. The second kappa shape index (κ2) is 8.68. The van der Waals surface area contributed by atoms with Crippen LogP contribution in [-0.2, 0) is 0 Å². The Bertz CT molecular complexity index is 511. The lowest BCUT2D eigenvalue weighted by Crippen LogP contribution is -2.54. The van der Waals surface area contributed by atoms with Crippen molar-refractivity contribution in [3.63, 3.8) is 0 Å². The number of rotatable bonds is 7. The van der Waals surface area contributed by atoms with Crippen LogP contribution in [0.25, 0.3) is 6.08 Å². The molecule has 1 N–H and O–H groups in total. The molecule has 0 radical (unpaired) electrons. The molecule has 3 heteroatoms. The standard InChI is InChI=1S/C21H32N2O/c1-24-20-11-9-19(10-12-20)8-7-15-22-18-21(13-3-4-14-21)23-16-5-2-6-17-23/h7-12,22H,2-6,13-18H2,1H3/b8-7+. The monoisotopic (exact) mass is 328 g/mol. The Hall–Kier alpha value is -1.32. The number of methoxy groups -OCH3 is 1. The quantitative estimate of drug-likeness (QED) is 0.763. The van der Waals surface area contributed by atoms with Crippen molar-refractivity contribution in [3.8, 4) is 5.75 Å². The zero-order valence-electron chi connectivity index (χ0n) is 15.1. The molecule has 1 aromatic rings. The molecular weight excluding hydrogens is 296 g/mol. The predicted octanol–water partition coefficient (Wildman–Crippen LogP) is 4.10. The average Bonchev–Trinajstić information content (AvgIpc) is 3.13. The van der Waals surface area contributed by atoms with Crippen LogP contribution in [0.1, 0.15) is 50.5 Å². The van der Waals surface area contributed by atoms with Gasteiger partial charge in [0.15, 0.2) is 0 Å². The van der Waals surface area contributed by atoms with Crippen LogP contribution in [0.2, 0.25) is 0 Å². The van der Waals surface area contributed by atoms with Crippen molar-refractivity contribution in [2.45, 2.75) is 50.5 Å². The maximum Gasteiger partial charge on any atom is 0.118 e. The zero-order chi connectivity index (χ0) is 16.7. The first kappa shape index (κ1) is 17.5. The van der Waals surface area contributed by atoms with Crippen LogP contribution in [0.15, 0.2) is 30.3 Å². The number of nitrogens with zero attached hydrogens (tertiary/aromatic N) is 1.